The number of urea groups is 1. The number of carbonyl (C=O) groups excluding carboxylic acids is 3. The summed E-state index contributed by atoms with van der Waals surface area (Å²) >= 11 is 0. The largest absolute Gasteiger partial charge is 0.496 e. The van der Waals surface area contributed by atoms with Gasteiger partial charge in [0.15, 0.2) is 0 Å². The first-order valence-electron chi connectivity index (χ1n) is 8.81. The van der Waals surface area contributed by atoms with E-state index in [4.69, 9.17) is 14.2 Å². The molecule has 0 bridgehead atoms. The molecule has 2 aromatic carbocycles. The van der Waals surface area contributed by atoms with E-state index >= 15 is 0 Å². The van der Waals surface area contributed by atoms with E-state index in [9.17, 15) is 18.8 Å². The highest BCUT2D eigenvalue weighted by Gasteiger charge is 2.36. The fourth-order valence-electron chi connectivity index (χ4n) is 2.93. The van der Waals surface area contributed by atoms with E-state index in [1.54, 1.807) is 12.1 Å². The number of ether oxygens (including phenoxy) is 3. The van der Waals surface area contributed by atoms with Crippen LogP contribution in [0, 0.1) is 5.82 Å². The minimum Gasteiger partial charge on any atom is -0.496 e. The van der Waals surface area contributed by atoms with E-state index < -0.39 is 23.7 Å². The quantitative estimate of drug-likeness (QED) is 0.577. The molecule has 0 radical (unpaired) electrons. The van der Waals surface area contributed by atoms with Crippen molar-refractivity contribution in [1.29, 1.82) is 0 Å². The maximum absolute atomic E-state index is 13.1. The average molecular weight is 414 g/mol. The van der Waals surface area contributed by atoms with Crippen molar-refractivity contribution in [2.75, 3.05) is 21.3 Å². The molecule has 1 heterocycles. The smallest absolute Gasteiger partial charge is 0.331 e. The molecule has 8 nitrogen and oxygen atoms in total. The van der Waals surface area contributed by atoms with Crippen molar-refractivity contribution < 1.29 is 33.0 Å². The maximum Gasteiger partial charge on any atom is 0.331 e. The summed E-state index contributed by atoms with van der Waals surface area (Å²) in [6.45, 7) is -0.132. The van der Waals surface area contributed by atoms with Crippen molar-refractivity contribution in [3.8, 4) is 17.2 Å². The zero-order chi connectivity index (χ0) is 21.8. The molecule has 156 valence electrons. The van der Waals surface area contributed by atoms with E-state index in [-0.39, 0.29) is 12.1 Å². The number of rotatable bonds is 6. The fraction of sp³-hybridized carbons (Fsp3) is 0.190. The molecule has 0 unspecified atom stereocenters. The Labute approximate surface area is 171 Å². The summed E-state index contributed by atoms with van der Waals surface area (Å²) in [5, 5.41) is 2.14. The second kappa shape index (κ2) is 8.64. The molecule has 3 rings (SSSR count). The lowest BCUT2D eigenvalue weighted by Gasteiger charge is -2.26. The van der Waals surface area contributed by atoms with Crippen LogP contribution in [0.15, 0.2) is 42.0 Å². The minimum atomic E-state index is -0.861. The highest BCUT2D eigenvalue weighted by atomic mass is 19.1. The third-order valence-electron chi connectivity index (χ3n) is 4.48. The van der Waals surface area contributed by atoms with Crippen LogP contribution in [0.3, 0.4) is 0 Å². The van der Waals surface area contributed by atoms with Gasteiger partial charge in [0.05, 0.1) is 33.4 Å². The lowest BCUT2D eigenvalue weighted by atomic mass is 10.0. The van der Waals surface area contributed by atoms with Gasteiger partial charge in [-0.2, -0.15) is 0 Å². The van der Waals surface area contributed by atoms with Gasteiger partial charge in [-0.05, 0) is 23.8 Å². The number of nitrogens with zero attached hydrogens (tertiary/aromatic N) is 1. The van der Waals surface area contributed by atoms with Crippen LogP contribution in [0.1, 0.15) is 11.1 Å². The normalized spacial score (nSPS) is 15.3. The molecule has 4 amide bonds. The number of carbonyl (C=O) groups is 3. The number of hydrogen-bond donors (Lipinski definition) is 1. The Morgan fingerprint density at radius 3 is 2.10 bits per heavy atom. The second-order valence-corrected chi connectivity index (χ2v) is 6.28. The zero-order valence-electron chi connectivity index (χ0n) is 16.5. The SMILES string of the molecule is COc1cc(OC)c(/C=C2/C(=O)NC(=O)N(Cc3ccc(F)cc3)C2=O)c(OC)c1. The van der Waals surface area contributed by atoms with Gasteiger partial charge in [-0.25, -0.2) is 9.18 Å². The molecule has 2 aromatic rings. The van der Waals surface area contributed by atoms with Crippen LogP contribution in [0.5, 0.6) is 17.2 Å². The third-order valence-corrected chi connectivity index (χ3v) is 4.48. The Balaban J connectivity index is 2.01. The van der Waals surface area contributed by atoms with Gasteiger partial charge < -0.3 is 14.2 Å². The molecule has 0 aliphatic carbocycles. The first-order valence-corrected chi connectivity index (χ1v) is 8.81. The predicted molar refractivity (Wildman–Crippen MR) is 105 cm³/mol. The zero-order valence-corrected chi connectivity index (χ0v) is 16.5. The average Bonchev–Trinajstić information content (AvgIpc) is 2.74. The van der Waals surface area contributed by atoms with E-state index in [1.807, 2.05) is 0 Å². The molecule has 9 heteroatoms. The summed E-state index contributed by atoms with van der Waals surface area (Å²) in [7, 11) is 4.32. The van der Waals surface area contributed by atoms with Crippen molar-refractivity contribution >= 4 is 23.9 Å². The number of imide groups is 2. The number of nitrogens with one attached hydrogen (secondary N) is 1. The number of halogens is 1. The van der Waals surface area contributed by atoms with Gasteiger partial charge in [0.25, 0.3) is 11.8 Å². The minimum absolute atomic E-state index is 0.132. The van der Waals surface area contributed by atoms with E-state index in [0.29, 0.717) is 28.4 Å². The number of methoxy groups -OCH3 is 3. The van der Waals surface area contributed by atoms with Crippen LogP contribution in [0.4, 0.5) is 9.18 Å². The van der Waals surface area contributed by atoms with Crippen LogP contribution in [-0.2, 0) is 16.1 Å². The first kappa shape index (κ1) is 20.8. The topological polar surface area (TPSA) is 94.2 Å². The third kappa shape index (κ3) is 4.09. The van der Waals surface area contributed by atoms with Crippen molar-refractivity contribution in [2.24, 2.45) is 0 Å². The van der Waals surface area contributed by atoms with Crippen molar-refractivity contribution in [3.63, 3.8) is 0 Å². The molecular formula is C21H19FN2O6. The van der Waals surface area contributed by atoms with E-state index in [0.717, 1.165) is 4.90 Å². The summed E-state index contributed by atoms with van der Waals surface area (Å²) < 4.78 is 29.0. The van der Waals surface area contributed by atoms with E-state index in [1.165, 1.54) is 51.7 Å². The van der Waals surface area contributed by atoms with Crippen molar-refractivity contribution in [3.05, 3.63) is 58.9 Å². The van der Waals surface area contributed by atoms with Crippen molar-refractivity contribution in [1.82, 2.24) is 10.2 Å². The van der Waals surface area contributed by atoms with Crippen LogP contribution in [0.2, 0.25) is 0 Å². The van der Waals surface area contributed by atoms with Crippen LogP contribution < -0.4 is 19.5 Å². The summed E-state index contributed by atoms with van der Waals surface area (Å²) in [6, 6.07) is 7.62. The molecule has 0 spiro atoms. The summed E-state index contributed by atoms with van der Waals surface area (Å²) in [4.78, 5) is 38.4. The molecule has 1 fully saturated rings. The van der Waals surface area contributed by atoms with Gasteiger partial charge in [-0.15, -0.1) is 0 Å². The Morgan fingerprint density at radius 2 is 1.57 bits per heavy atom. The van der Waals surface area contributed by atoms with Crippen molar-refractivity contribution in [2.45, 2.75) is 6.54 Å². The van der Waals surface area contributed by atoms with Gasteiger partial charge in [0.1, 0.15) is 28.6 Å². The van der Waals surface area contributed by atoms with Crippen LogP contribution in [0.25, 0.3) is 6.08 Å². The van der Waals surface area contributed by atoms with Gasteiger partial charge in [-0.1, -0.05) is 12.1 Å². The molecule has 0 saturated carbocycles. The first-order chi connectivity index (χ1) is 14.4. The highest BCUT2D eigenvalue weighted by Crippen LogP contribution is 2.36. The Kier molecular flexibility index (Phi) is 6.01. The van der Waals surface area contributed by atoms with Gasteiger partial charge in [0, 0.05) is 12.1 Å². The molecule has 1 aliphatic heterocycles. The Morgan fingerprint density at radius 1 is 0.967 bits per heavy atom. The summed E-state index contributed by atoms with van der Waals surface area (Å²) in [5.74, 6) is -1.02. The molecule has 0 atom stereocenters. The number of barbiturate groups is 1. The molecule has 1 saturated heterocycles. The summed E-state index contributed by atoms with van der Waals surface area (Å²) in [6.07, 6.45) is 1.29. The molecule has 30 heavy (non-hydrogen) atoms. The fourth-order valence-corrected chi connectivity index (χ4v) is 2.93. The number of hydrogen-bond acceptors (Lipinski definition) is 6. The molecule has 1 N–H and O–H groups in total. The standard InChI is InChI=1S/C21H19FN2O6/c1-28-14-8-17(29-2)15(18(9-14)30-3)10-16-19(25)23-21(27)24(20(16)26)11-12-4-6-13(22)7-5-12/h4-10H,11H2,1-3H3,(H,23,25,27)/b16-10-. The summed E-state index contributed by atoms with van der Waals surface area (Å²) in [5.41, 5.74) is 0.571. The predicted octanol–water partition coefficient (Wildman–Crippen LogP) is 2.51. The molecule has 1 aliphatic rings. The highest BCUT2D eigenvalue weighted by molar-refractivity contribution is 6.31. The van der Waals surface area contributed by atoms with E-state index in [2.05, 4.69) is 5.32 Å². The van der Waals surface area contributed by atoms with Gasteiger partial charge in [-0.3, -0.25) is 19.8 Å². The number of amides is 4. The maximum atomic E-state index is 13.1. The Hall–Kier alpha value is -3.88. The monoisotopic (exact) mass is 414 g/mol. The number of benzene rings is 2. The Bertz CT molecular complexity index is 1010. The van der Waals surface area contributed by atoms with Gasteiger partial charge in [0.2, 0.25) is 0 Å². The lowest BCUT2D eigenvalue weighted by Crippen LogP contribution is -2.53. The lowest BCUT2D eigenvalue weighted by molar-refractivity contribution is -0.130. The second-order valence-electron chi connectivity index (χ2n) is 6.28. The van der Waals surface area contributed by atoms with Crippen LogP contribution in [-0.4, -0.2) is 44.1 Å². The molecule has 0 aromatic heterocycles. The van der Waals surface area contributed by atoms with Gasteiger partial charge >= 0.3 is 6.03 Å². The van der Waals surface area contributed by atoms with Crippen LogP contribution >= 0.6 is 0 Å². The molecular weight excluding hydrogens is 395 g/mol.